The van der Waals surface area contributed by atoms with Crippen molar-refractivity contribution in [2.24, 2.45) is 0 Å². The second-order valence-corrected chi connectivity index (χ2v) is 7.12. The van der Waals surface area contributed by atoms with Crippen molar-refractivity contribution in [2.45, 2.75) is 19.9 Å². The van der Waals surface area contributed by atoms with Crippen LogP contribution in [0.4, 0.5) is 5.82 Å². The molecule has 4 aromatic rings. The predicted molar refractivity (Wildman–Crippen MR) is 110 cm³/mol. The van der Waals surface area contributed by atoms with Crippen molar-refractivity contribution < 1.29 is 9.47 Å². The zero-order valence-corrected chi connectivity index (χ0v) is 15.8. The van der Waals surface area contributed by atoms with Crippen molar-refractivity contribution in [2.75, 3.05) is 12.1 Å². The normalized spacial score (nSPS) is 13.6. The van der Waals surface area contributed by atoms with Crippen LogP contribution < -0.4 is 14.8 Å². The molecule has 0 amide bonds. The third kappa shape index (κ3) is 2.85. The van der Waals surface area contributed by atoms with E-state index < -0.39 is 0 Å². The number of nitrogens with one attached hydrogen (secondary N) is 2. The third-order valence-electron chi connectivity index (χ3n) is 5.17. The van der Waals surface area contributed by atoms with Gasteiger partial charge in [-0.05, 0) is 55.3 Å². The minimum Gasteiger partial charge on any atom is -0.454 e. The molecule has 140 valence electrons. The van der Waals surface area contributed by atoms with Crippen molar-refractivity contribution in [3.05, 3.63) is 83.2 Å². The Balaban J connectivity index is 1.67. The second kappa shape index (κ2) is 6.60. The minimum atomic E-state index is -0.0834. The summed E-state index contributed by atoms with van der Waals surface area (Å²) in [5.74, 6) is 2.40. The molecule has 2 aromatic carbocycles. The molecule has 3 heterocycles. The van der Waals surface area contributed by atoms with Crippen LogP contribution in [0.3, 0.4) is 0 Å². The van der Waals surface area contributed by atoms with Crippen LogP contribution in [0.1, 0.15) is 28.4 Å². The summed E-state index contributed by atoms with van der Waals surface area (Å²) < 4.78 is 11.1. The molecule has 2 aromatic heterocycles. The summed E-state index contributed by atoms with van der Waals surface area (Å²) in [4.78, 5) is 8.03. The average molecular weight is 371 g/mol. The van der Waals surface area contributed by atoms with Gasteiger partial charge in [0.1, 0.15) is 5.82 Å². The molecule has 0 saturated carbocycles. The van der Waals surface area contributed by atoms with Crippen molar-refractivity contribution in [3.63, 3.8) is 0 Å². The van der Waals surface area contributed by atoms with Crippen LogP contribution in [0, 0.1) is 13.8 Å². The topological polar surface area (TPSA) is 59.2 Å². The monoisotopic (exact) mass is 371 g/mol. The maximum Gasteiger partial charge on any atom is 0.231 e. The van der Waals surface area contributed by atoms with Gasteiger partial charge >= 0.3 is 0 Å². The van der Waals surface area contributed by atoms with E-state index in [0.717, 1.165) is 39.7 Å². The number of hydrogen-bond acceptors (Lipinski definition) is 4. The lowest BCUT2D eigenvalue weighted by molar-refractivity contribution is 0.174. The molecule has 0 spiro atoms. The highest BCUT2D eigenvalue weighted by Crippen LogP contribution is 2.39. The Kier molecular flexibility index (Phi) is 3.93. The second-order valence-electron chi connectivity index (χ2n) is 7.12. The molecule has 28 heavy (non-hydrogen) atoms. The van der Waals surface area contributed by atoms with Gasteiger partial charge < -0.3 is 19.8 Å². The molecular weight excluding hydrogens is 350 g/mol. The zero-order chi connectivity index (χ0) is 19.1. The molecule has 0 aliphatic carbocycles. The van der Waals surface area contributed by atoms with Gasteiger partial charge in [-0.3, -0.25) is 0 Å². The Morgan fingerprint density at radius 1 is 1.00 bits per heavy atom. The summed E-state index contributed by atoms with van der Waals surface area (Å²) in [7, 11) is 0. The molecule has 1 aliphatic rings. The summed E-state index contributed by atoms with van der Waals surface area (Å²) in [6.07, 6.45) is 1.83. The van der Waals surface area contributed by atoms with E-state index in [2.05, 4.69) is 65.5 Å². The standard InChI is InChI=1S/C23H21N3O2/c1-14-9-10-24-21(11-14)26-23(16-7-8-19-20(12-16)28-13-27-19)22-15(2)25-18-6-4-3-5-17(18)22/h3-12,23,25H,13H2,1-2H3,(H,24,26). The van der Waals surface area contributed by atoms with Crippen LogP contribution in [0.25, 0.3) is 10.9 Å². The summed E-state index contributed by atoms with van der Waals surface area (Å²) in [5, 5.41) is 4.83. The molecule has 5 rings (SSSR count). The third-order valence-corrected chi connectivity index (χ3v) is 5.17. The fourth-order valence-electron chi connectivity index (χ4n) is 3.85. The Bertz CT molecular complexity index is 1170. The number of nitrogens with zero attached hydrogens (tertiary/aromatic N) is 1. The predicted octanol–water partition coefficient (Wildman–Crippen LogP) is 5.11. The van der Waals surface area contributed by atoms with E-state index in [4.69, 9.17) is 9.47 Å². The molecule has 1 aliphatic heterocycles. The van der Waals surface area contributed by atoms with E-state index in [1.54, 1.807) is 0 Å². The number of rotatable bonds is 4. The number of fused-ring (bicyclic) bond motifs is 2. The quantitative estimate of drug-likeness (QED) is 0.523. The maximum absolute atomic E-state index is 5.62. The van der Waals surface area contributed by atoms with E-state index >= 15 is 0 Å². The Hall–Kier alpha value is -3.47. The van der Waals surface area contributed by atoms with E-state index in [0.29, 0.717) is 0 Å². The molecular formula is C23H21N3O2. The van der Waals surface area contributed by atoms with Crippen molar-refractivity contribution in [1.82, 2.24) is 9.97 Å². The van der Waals surface area contributed by atoms with Crippen LogP contribution in [-0.4, -0.2) is 16.8 Å². The van der Waals surface area contributed by atoms with Crippen molar-refractivity contribution >= 4 is 16.7 Å². The summed E-state index contributed by atoms with van der Waals surface area (Å²) in [5.41, 5.74) is 5.72. The van der Waals surface area contributed by atoms with Gasteiger partial charge in [0.25, 0.3) is 0 Å². The van der Waals surface area contributed by atoms with Crippen LogP contribution in [0.2, 0.25) is 0 Å². The fraction of sp³-hybridized carbons (Fsp3) is 0.174. The largest absolute Gasteiger partial charge is 0.454 e. The van der Waals surface area contributed by atoms with Crippen molar-refractivity contribution in [3.8, 4) is 11.5 Å². The van der Waals surface area contributed by atoms with E-state index in [1.807, 2.05) is 24.4 Å². The first-order valence-electron chi connectivity index (χ1n) is 9.35. The Morgan fingerprint density at radius 3 is 2.75 bits per heavy atom. The number of benzene rings is 2. The zero-order valence-electron chi connectivity index (χ0n) is 15.8. The van der Waals surface area contributed by atoms with Gasteiger partial charge in [0.2, 0.25) is 6.79 Å². The molecule has 1 unspecified atom stereocenters. The number of para-hydroxylation sites is 1. The molecule has 0 fully saturated rings. The van der Waals surface area contributed by atoms with Crippen molar-refractivity contribution in [1.29, 1.82) is 0 Å². The smallest absolute Gasteiger partial charge is 0.231 e. The summed E-state index contributed by atoms with van der Waals surface area (Å²) in [6.45, 7) is 4.45. The number of hydrogen-bond donors (Lipinski definition) is 2. The highest BCUT2D eigenvalue weighted by Gasteiger charge is 2.24. The SMILES string of the molecule is Cc1ccnc(NC(c2ccc3c(c2)OCO3)c2c(C)[nH]c3ccccc23)c1. The number of anilines is 1. The van der Waals surface area contributed by atoms with E-state index in [9.17, 15) is 0 Å². The lowest BCUT2D eigenvalue weighted by Gasteiger charge is -2.21. The highest BCUT2D eigenvalue weighted by atomic mass is 16.7. The van der Waals surface area contributed by atoms with Gasteiger partial charge in [-0.2, -0.15) is 0 Å². The van der Waals surface area contributed by atoms with Gasteiger partial charge in [-0.1, -0.05) is 24.3 Å². The minimum absolute atomic E-state index is 0.0834. The highest BCUT2D eigenvalue weighted by molar-refractivity contribution is 5.86. The van der Waals surface area contributed by atoms with E-state index in [-0.39, 0.29) is 12.8 Å². The van der Waals surface area contributed by atoms with Gasteiger partial charge in [-0.15, -0.1) is 0 Å². The summed E-state index contributed by atoms with van der Waals surface area (Å²) >= 11 is 0. The van der Waals surface area contributed by atoms with Crippen LogP contribution in [-0.2, 0) is 0 Å². The molecule has 0 radical (unpaired) electrons. The number of aromatic amines is 1. The van der Waals surface area contributed by atoms with Gasteiger partial charge in [-0.25, -0.2) is 4.98 Å². The lowest BCUT2D eigenvalue weighted by atomic mass is 9.95. The van der Waals surface area contributed by atoms with Crippen LogP contribution in [0.5, 0.6) is 11.5 Å². The first-order chi connectivity index (χ1) is 13.7. The van der Waals surface area contributed by atoms with Gasteiger partial charge in [0, 0.05) is 28.4 Å². The maximum atomic E-state index is 5.62. The molecule has 0 bridgehead atoms. The number of aryl methyl sites for hydroxylation is 2. The number of ether oxygens (including phenoxy) is 2. The number of aromatic nitrogens is 2. The Labute approximate surface area is 163 Å². The van der Waals surface area contributed by atoms with E-state index in [1.165, 1.54) is 10.9 Å². The molecule has 0 saturated heterocycles. The molecule has 5 nitrogen and oxygen atoms in total. The Morgan fingerprint density at radius 2 is 1.86 bits per heavy atom. The number of H-pyrrole nitrogens is 1. The molecule has 5 heteroatoms. The molecule has 2 N–H and O–H groups in total. The first-order valence-corrected chi connectivity index (χ1v) is 9.35. The van der Waals surface area contributed by atoms with Crippen LogP contribution in [0.15, 0.2) is 60.8 Å². The number of pyridine rings is 1. The summed E-state index contributed by atoms with van der Waals surface area (Å²) in [6, 6.07) is 18.5. The fourth-order valence-corrected chi connectivity index (χ4v) is 3.85. The molecule has 1 atom stereocenters. The first kappa shape index (κ1) is 16.7. The van der Waals surface area contributed by atoms with Crippen LogP contribution >= 0.6 is 0 Å². The van der Waals surface area contributed by atoms with Gasteiger partial charge in [0.15, 0.2) is 11.5 Å². The van der Waals surface area contributed by atoms with Gasteiger partial charge in [0.05, 0.1) is 6.04 Å². The average Bonchev–Trinajstić information content (AvgIpc) is 3.29. The lowest BCUT2D eigenvalue weighted by Crippen LogP contribution is -2.14.